The van der Waals surface area contributed by atoms with Gasteiger partial charge in [0.1, 0.15) is 6.61 Å². The largest absolute Gasteiger partial charge is 0.445 e. The maximum Gasteiger partial charge on any atom is 0.407 e. The van der Waals surface area contributed by atoms with Crippen molar-refractivity contribution in [1.82, 2.24) is 5.32 Å². The Hall–Kier alpha value is -1.55. The summed E-state index contributed by atoms with van der Waals surface area (Å²) in [7, 11) is 0. The lowest BCUT2D eigenvalue weighted by Gasteiger charge is -2.30. The molecule has 114 valence electrons. The van der Waals surface area contributed by atoms with E-state index in [1.165, 1.54) is 0 Å². The quantitative estimate of drug-likeness (QED) is 0.849. The second-order valence-corrected chi connectivity index (χ2v) is 5.57. The predicted molar refractivity (Wildman–Crippen MR) is 81.2 cm³/mol. The lowest BCUT2D eigenvalue weighted by atomic mass is 9.82. The van der Waals surface area contributed by atoms with Crippen LogP contribution in [0.4, 0.5) is 4.79 Å². The van der Waals surface area contributed by atoms with E-state index in [-0.39, 0.29) is 30.2 Å². The highest BCUT2D eigenvalue weighted by Gasteiger charge is 2.31. The maximum atomic E-state index is 11.9. The van der Waals surface area contributed by atoms with Crippen LogP contribution in [0.5, 0.6) is 0 Å². The van der Waals surface area contributed by atoms with E-state index >= 15 is 0 Å². The molecule has 1 fully saturated rings. The molecular weight excluding hydrogens is 290 g/mol. The number of alkyl carbamates (subject to hydrolysis) is 1. The van der Waals surface area contributed by atoms with Crippen LogP contribution in [0.2, 0.25) is 0 Å². The van der Waals surface area contributed by atoms with Crippen LogP contribution in [0.15, 0.2) is 30.3 Å². The summed E-state index contributed by atoms with van der Waals surface area (Å²) in [4.78, 5) is 23.7. The molecule has 1 aliphatic rings. The molecule has 0 heterocycles. The number of alkyl halides is 1. The number of amides is 1. The van der Waals surface area contributed by atoms with Gasteiger partial charge in [-0.15, -0.1) is 11.6 Å². The molecule has 2 rings (SSSR count). The summed E-state index contributed by atoms with van der Waals surface area (Å²) in [5, 5.41) is 2.81. The van der Waals surface area contributed by atoms with Crippen molar-refractivity contribution in [1.29, 1.82) is 0 Å². The van der Waals surface area contributed by atoms with Crippen molar-refractivity contribution < 1.29 is 14.3 Å². The van der Waals surface area contributed by atoms with Crippen LogP contribution in [-0.4, -0.2) is 23.8 Å². The van der Waals surface area contributed by atoms with E-state index in [9.17, 15) is 9.59 Å². The number of rotatable bonds is 5. The van der Waals surface area contributed by atoms with Gasteiger partial charge in [0.05, 0.1) is 5.88 Å². The number of ether oxygens (including phenoxy) is 1. The predicted octanol–water partition coefficient (Wildman–Crippen LogP) is 3.28. The monoisotopic (exact) mass is 309 g/mol. The summed E-state index contributed by atoms with van der Waals surface area (Å²) in [6, 6.07) is 9.34. The fourth-order valence-corrected chi connectivity index (χ4v) is 2.90. The summed E-state index contributed by atoms with van der Waals surface area (Å²) in [6.45, 7) is 0.230. The van der Waals surface area contributed by atoms with Crippen LogP contribution >= 0.6 is 11.6 Å². The van der Waals surface area contributed by atoms with Gasteiger partial charge in [-0.25, -0.2) is 4.79 Å². The number of nitrogens with one attached hydrogen (secondary N) is 1. The van der Waals surface area contributed by atoms with Gasteiger partial charge in [-0.05, 0) is 18.4 Å². The first-order valence-corrected chi connectivity index (χ1v) is 7.80. The normalized spacial score (nSPS) is 21.6. The van der Waals surface area contributed by atoms with Gasteiger partial charge < -0.3 is 10.1 Å². The van der Waals surface area contributed by atoms with Gasteiger partial charge in [0, 0.05) is 12.0 Å². The second-order valence-electron chi connectivity index (χ2n) is 5.30. The van der Waals surface area contributed by atoms with Crippen LogP contribution in [0, 0.1) is 5.92 Å². The average molecular weight is 310 g/mol. The van der Waals surface area contributed by atoms with Gasteiger partial charge in [-0.2, -0.15) is 0 Å². The molecule has 0 bridgehead atoms. The molecule has 1 amide bonds. The zero-order valence-electron chi connectivity index (χ0n) is 11.9. The number of carbonyl (C=O) groups is 2. The molecule has 0 aliphatic heterocycles. The van der Waals surface area contributed by atoms with E-state index in [1.807, 2.05) is 30.3 Å². The van der Waals surface area contributed by atoms with E-state index in [1.54, 1.807) is 0 Å². The van der Waals surface area contributed by atoms with Crippen LogP contribution in [-0.2, 0) is 16.1 Å². The smallest absolute Gasteiger partial charge is 0.407 e. The minimum Gasteiger partial charge on any atom is -0.445 e. The standard InChI is InChI=1S/C16H20ClNO3/c17-10-15(19)13-8-4-5-9-14(13)18-16(20)21-11-12-6-2-1-3-7-12/h1-3,6-7,13-14H,4-5,8-11H2,(H,18,20). The third-order valence-electron chi connectivity index (χ3n) is 3.83. The van der Waals surface area contributed by atoms with Crippen LogP contribution in [0.1, 0.15) is 31.2 Å². The Morgan fingerprint density at radius 2 is 1.90 bits per heavy atom. The van der Waals surface area contributed by atoms with E-state index in [2.05, 4.69) is 5.32 Å². The third-order valence-corrected chi connectivity index (χ3v) is 4.09. The molecular formula is C16H20ClNO3. The molecule has 1 N–H and O–H groups in total. The molecule has 4 nitrogen and oxygen atoms in total. The highest BCUT2D eigenvalue weighted by atomic mass is 35.5. The van der Waals surface area contributed by atoms with E-state index in [4.69, 9.17) is 16.3 Å². The molecule has 21 heavy (non-hydrogen) atoms. The lowest BCUT2D eigenvalue weighted by molar-refractivity contribution is -0.122. The number of ketones is 1. The molecule has 1 aromatic carbocycles. The zero-order chi connectivity index (χ0) is 15.1. The topological polar surface area (TPSA) is 55.4 Å². The summed E-state index contributed by atoms with van der Waals surface area (Å²) >= 11 is 5.63. The summed E-state index contributed by atoms with van der Waals surface area (Å²) in [5.41, 5.74) is 0.935. The van der Waals surface area contributed by atoms with Crippen LogP contribution < -0.4 is 5.32 Å². The Morgan fingerprint density at radius 3 is 2.62 bits per heavy atom. The lowest BCUT2D eigenvalue weighted by Crippen LogP contribution is -2.45. The van der Waals surface area contributed by atoms with E-state index in [0.717, 1.165) is 31.2 Å². The number of halogens is 1. The summed E-state index contributed by atoms with van der Waals surface area (Å²) in [6.07, 6.45) is 3.13. The highest BCUT2D eigenvalue weighted by Crippen LogP contribution is 2.25. The van der Waals surface area contributed by atoms with Gasteiger partial charge in [0.25, 0.3) is 0 Å². The fraction of sp³-hybridized carbons (Fsp3) is 0.500. The fourth-order valence-electron chi connectivity index (χ4n) is 2.70. The van der Waals surface area contributed by atoms with Gasteiger partial charge in [-0.3, -0.25) is 4.79 Å². The first kappa shape index (κ1) is 15.8. The summed E-state index contributed by atoms with van der Waals surface area (Å²) in [5.74, 6) is -0.174. The molecule has 0 spiro atoms. The molecule has 2 atom stereocenters. The molecule has 1 aliphatic carbocycles. The van der Waals surface area contributed by atoms with Gasteiger partial charge in [-0.1, -0.05) is 43.2 Å². The van der Waals surface area contributed by atoms with Crippen molar-refractivity contribution >= 4 is 23.5 Å². The number of hydrogen-bond donors (Lipinski definition) is 1. The van der Waals surface area contributed by atoms with Gasteiger partial charge in [0.15, 0.2) is 5.78 Å². The number of benzene rings is 1. The zero-order valence-corrected chi connectivity index (χ0v) is 12.6. The Labute approximate surface area is 129 Å². The molecule has 0 saturated heterocycles. The molecule has 0 radical (unpaired) electrons. The van der Waals surface area contributed by atoms with Crippen LogP contribution in [0.25, 0.3) is 0 Å². The molecule has 0 aromatic heterocycles. The molecule has 1 saturated carbocycles. The van der Waals surface area contributed by atoms with E-state index < -0.39 is 6.09 Å². The van der Waals surface area contributed by atoms with Crippen LogP contribution in [0.3, 0.4) is 0 Å². The van der Waals surface area contributed by atoms with Crippen molar-refractivity contribution in [3.05, 3.63) is 35.9 Å². The number of carbonyl (C=O) groups excluding carboxylic acids is 2. The Balaban J connectivity index is 1.84. The van der Waals surface area contributed by atoms with Crippen molar-refractivity contribution in [2.45, 2.75) is 38.3 Å². The van der Waals surface area contributed by atoms with Crippen molar-refractivity contribution in [2.75, 3.05) is 5.88 Å². The average Bonchev–Trinajstić information content (AvgIpc) is 2.54. The van der Waals surface area contributed by atoms with Crippen molar-refractivity contribution in [3.8, 4) is 0 Å². The highest BCUT2D eigenvalue weighted by molar-refractivity contribution is 6.28. The van der Waals surface area contributed by atoms with Gasteiger partial charge in [0.2, 0.25) is 0 Å². The molecule has 2 unspecified atom stereocenters. The Kier molecular flexibility index (Phi) is 6.05. The Bertz CT molecular complexity index is 478. The second kappa shape index (κ2) is 8.03. The molecule has 5 heteroatoms. The minimum absolute atomic E-state index is 0.00189. The third kappa shape index (κ3) is 4.74. The number of Topliss-reactive ketones (excluding diaryl/α,β-unsaturated/α-hetero) is 1. The summed E-state index contributed by atoms with van der Waals surface area (Å²) < 4.78 is 5.20. The number of hydrogen-bond acceptors (Lipinski definition) is 3. The van der Waals surface area contributed by atoms with Crippen molar-refractivity contribution in [2.24, 2.45) is 5.92 Å². The first-order chi connectivity index (χ1) is 10.2. The van der Waals surface area contributed by atoms with Gasteiger partial charge >= 0.3 is 6.09 Å². The minimum atomic E-state index is -0.474. The Morgan fingerprint density at radius 1 is 1.19 bits per heavy atom. The molecule has 1 aromatic rings. The van der Waals surface area contributed by atoms with E-state index in [0.29, 0.717) is 0 Å². The first-order valence-electron chi connectivity index (χ1n) is 7.26. The van der Waals surface area contributed by atoms with Crippen molar-refractivity contribution in [3.63, 3.8) is 0 Å². The maximum absolute atomic E-state index is 11.9. The SMILES string of the molecule is O=C(NC1CCCCC1C(=O)CCl)OCc1ccccc1.